The SMILES string of the molecule is CCn1nc(C(=O)N2CCOCC2)c2c1CCC(NCc1ccccc1OC)C2. The van der Waals surface area contributed by atoms with E-state index in [-0.39, 0.29) is 5.91 Å². The number of aryl methyl sites for hydroxylation is 1. The molecule has 1 saturated heterocycles. The van der Waals surface area contributed by atoms with Gasteiger partial charge < -0.3 is 19.7 Å². The second-order valence-electron chi connectivity index (χ2n) is 7.63. The van der Waals surface area contributed by atoms with Gasteiger partial charge in [0, 0.05) is 49.0 Å². The van der Waals surface area contributed by atoms with Crippen molar-refractivity contribution in [2.75, 3.05) is 33.4 Å². The first kappa shape index (κ1) is 19.9. The smallest absolute Gasteiger partial charge is 0.274 e. The second kappa shape index (κ2) is 8.97. The van der Waals surface area contributed by atoms with Crippen molar-refractivity contribution in [1.29, 1.82) is 0 Å². The Morgan fingerprint density at radius 2 is 2.10 bits per heavy atom. The number of carbonyl (C=O) groups is 1. The number of benzene rings is 1. The van der Waals surface area contributed by atoms with Crippen LogP contribution in [0.15, 0.2) is 24.3 Å². The van der Waals surface area contributed by atoms with E-state index < -0.39 is 0 Å². The number of morpholine rings is 1. The number of hydrogen-bond donors (Lipinski definition) is 1. The third-order valence-corrected chi connectivity index (χ3v) is 5.92. The molecule has 2 heterocycles. The van der Waals surface area contributed by atoms with Gasteiger partial charge in [0.15, 0.2) is 5.69 Å². The fourth-order valence-corrected chi connectivity index (χ4v) is 4.31. The largest absolute Gasteiger partial charge is 0.496 e. The maximum absolute atomic E-state index is 13.1. The van der Waals surface area contributed by atoms with Crippen LogP contribution < -0.4 is 10.1 Å². The molecule has 0 radical (unpaired) electrons. The molecule has 2 aliphatic rings. The highest BCUT2D eigenvalue weighted by atomic mass is 16.5. The Bertz CT molecular complexity index is 858. The van der Waals surface area contributed by atoms with Crippen molar-refractivity contribution >= 4 is 5.91 Å². The summed E-state index contributed by atoms with van der Waals surface area (Å²) in [4.78, 5) is 15.0. The van der Waals surface area contributed by atoms with Crippen LogP contribution in [-0.4, -0.2) is 60.0 Å². The van der Waals surface area contributed by atoms with Crippen LogP contribution in [0.25, 0.3) is 0 Å². The molecule has 0 spiro atoms. The van der Waals surface area contributed by atoms with Gasteiger partial charge in [-0.3, -0.25) is 9.48 Å². The van der Waals surface area contributed by atoms with E-state index >= 15 is 0 Å². The van der Waals surface area contributed by atoms with Crippen LogP contribution >= 0.6 is 0 Å². The van der Waals surface area contributed by atoms with Crippen LogP contribution in [0, 0.1) is 0 Å². The van der Waals surface area contributed by atoms with Gasteiger partial charge >= 0.3 is 0 Å². The standard InChI is InChI=1S/C22H30N4O3/c1-3-26-19-9-8-17(23-15-16-6-4-5-7-20(16)28-2)14-18(19)21(24-26)22(27)25-10-12-29-13-11-25/h4-7,17,23H,3,8-15H2,1-2H3. The Hall–Kier alpha value is -2.38. The van der Waals surface area contributed by atoms with E-state index in [0.717, 1.165) is 49.2 Å². The molecule has 1 fully saturated rings. The molecule has 4 rings (SSSR count). The summed E-state index contributed by atoms with van der Waals surface area (Å²) in [7, 11) is 1.70. The van der Waals surface area contributed by atoms with Gasteiger partial charge in [-0.1, -0.05) is 18.2 Å². The molecular formula is C22H30N4O3. The first-order chi connectivity index (χ1) is 14.2. The summed E-state index contributed by atoms with van der Waals surface area (Å²) in [5.74, 6) is 0.945. The van der Waals surface area contributed by atoms with Gasteiger partial charge in [0.1, 0.15) is 5.75 Å². The van der Waals surface area contributed by atoms with Crippen LogP contribution in [0.2, 0.25) is 0 Å². The molecule has 156 valence electrons. The van der Waals surface area contributed by atoms with Crippen LogP contribution in [0.1, 0.15) is 40.7 Å². The number of para-hydroxylation sites is 1. The van der Waals surface area contributed by atoms with Crippen molar-refractivity contribution < 1.29 is 14.3 Å². The zero-order valence-electron chi connectivity index (χ0n) is 17.3. The predicted octanol–water partition coefficient (Wildman–Crippen LogP) is 2.03. The van der Waals surface area contributed by atoms with E-state index in [1.807, 2.05) is 27.8 Å². The molecule has 1 atom stereocenters. The van der Waals surface area contributed by atoms with Gasteiger partial charge in [-0.25, -0.2) is 0 Å². The summed E-state index contributed by atoms with van der Waals surface area (Å²) in [6, 6.07) is 8.40. The molecule has 1 aliphatic carbocycles. The van der Waals surface area contributed by atoms with Gasteiger partial charge in [-0.2, -0.15) is 5.10 Å². The van der Waals surface area contributed by atoms with E-state index in [9.17, 15) is 4.79 Å². The molecule has 7 nitrogen and oxygen atoms in total. The Balaban J connectivity index is 1.50. The summed E-state index contributed by atoms with van der Waals surface area (Å²) in [5.41, 5.74) is 4.12. The normalized spacial score (nSPS) is 19.1. The number of nitrogens with zero attached hydrogens (tertiary/aromatic N) is 3. The first-order valence-electron chi connectivity index (χ1n) is 10.5. The molecule has 0 bridgehead atoms. The lowest BCUT2D eigenvalue weighted by Crippen LogP contribution is -2.41. The molecule has 0 saturated carbocycles. The van der Waals surface area contributed by atoms with Crippen molar-refractivity contribution in [3.63, 3.8) is 0 Å². The van der Waals surface area contributed by atoms with Gasteiger partial charge in [0.2, 0.25) is 0 Å². The molecule has 1 N–H and O–H groups in total. The van der Waals surface area contributed by atoms with E-state index in [1.165, 1.54) is 5.69 Å². The highest BCUT2D eigenvalue weighted by Crippen LogP contribution is 2.27. The van der Waals surface area contributed by atoms with Crippen LogP contribution in [0.3, 0.4) is 0 Å². The van der Waals surface area contributed by atoms with Gasteiger partial charge in [0.05, 0.1) is 20.3 Å². The lowest BCUT2D eigenvalue weighted by atomic mass is 9.90. The van der Waals surface area contributed by atoms with Gasteiger partial charge in [-0.05, 0) is 32.3 Å². The third kappa shape index (κ3) is 4.16. The van der Waals surface area contributed by atoms with E-state index in [0.29, 0.717) is 38.0 Å². The molecule has 1 aromatic heterocycles. The van der Waals surface area contributed by atoms with Crippen LogP contribution in [0.4, 0.5) is 0 Å². The maximum Gasteiger partial charge on any atom is 0.274 e. The molecule has 29 heavy (non-hydrogen) atoms. The Labute approximate surface area is 172 Å². The number of nitrogens with one attached hydrogen (secondary N) is 1. The van der Waals surface area contributed by atoms with Crippen molar-refractivity contribution in [1.82, 2.24) is 20.0 Å². The minimum atomic E-state index is 0.0436. The van der Waals surface area contributed by atoms with E-state index in [4.69, 9.17) is 14.6 Å². The molecule has 1 aromatic carbocycles. The average molecular weight is 399 g/mol. The summed E-state index contributed by atoms with van der Waals surface area (Å²) in [5, 5.41) is 8.37. The monoisotopic (exact) mass is 398 g/mol. The quantitative estimate of drug-likeness (QED) is 0.806. The molecule has 2 aromatic rings. The van der Waals surface area contributed by atoms with Crippen molar-refractivity contribution in [3.8, 4) is 5.75 Å². The number of fused-ring (bicyclic) bond motifs is 1. The van der Waals surface area contributed by atoms with Crippen LogP contribution in [0.5, 0.6) is 5.75 Å². The van der Waals surface area contributed by atoms with Crippen molar-refractivity contribution in [3.05, 3.63) is 46.8 Å². The zero-order valence-corrected chi connectivity index (χ0v) is 17.3. The van der Waals surface area contributed by atoms with Gasteiger partial charge in [-0.15, -0.1) is 0 Å². The number of methoxy groups -OCH3 is 1. The highest BCUT2D eigenvalue weighted by Gasteiger charge is 2.31. The summed E-state index contributed by atoms with van der Waals surface area (Å²) in [6.07, 6.45) is 2.81. The summed E-state index contributed by atoms with van der Waals surface area (Å²) >= 11 is 0. The number of carbonyl (C=O) groups excluding carboxylic acids is 1. The topological polar surface area (TPSA) is 68.6 Å². The fraction of sp³-hybridized carbons (Fsp3) is 0.545. The van der Waals surface area contributed by atoms with E-state index in [1.54, 1.807) is 7.11 Å². The Kier molecular flexibility index (Phi) is 6.16. The van der Waals surface area contributed by atoms with Crippen LogP contribution in [-0.2, 0) is 30.7 Å². The summed E-state index contributed by atoms with van der Waals surface area (Å²) in [6.45, 7) is 6.11. The highest BCUT2D eigenvalue weighted by molar-refractivity contribution is 5.94. The number of amides is 1. The van der Waals surface area contributed by atoms with Gasteiger partial charge in [0.25, 0.3) is 5.91 Å². The predicted molar refractivity (Wildman–Crippen MR) is 110 cm³/mol. The lowest BCUT2D eigenvalue weighted by Gasteiger charge is -2.28. The number of hydrogen-bond acceptors (Lipinski definition) is 5. The summed E-state index contributed by atoms with van der Waals surface area (Å²) < 4.78 is 12.9. The number of rotatable bonds is 6. The number of aromatic nitrogens is 2. The van der Waals surface area contributed by atoms with Crippen molar-refractivity contribution in [2.45, 2.75) is 45.3 Å². The number of ether oxygens (including phenoxy) is 2. The molecule has 1 aliphatic heterocycles. The van der Waals surface area contributed by atoms with E-state index in [2.05, 4.69) is 18.3 Å². The minimum Gasteiger partial charge on any atom is -0.496 e. The lowest BCUT2D eigenvalue weighted by molar-refractivity contribution is 0.0297. The average Bonchev–Trinajstić information content (AvgIpc) is 3.16. The van der Waals surface area contributed by atoms with Crippen molar-refractivity contribution in [2.24, 2.45) is 0 Å². The minimum absolute atomic E-state index is 0.0436. The first-order valence-corrected chi connectivity index (χ1v) is 10.5. The molecule has 7 heteroatoms. The second-order valence-corrected chi connectivity index (χ2v) is 7.63. The Morgan fingerprint density at radius 3 is 2.86 bits per heavy atom. The third-order valence-electron chi connectivity index (χ3n) is 5.92. The molecule has 1 unspecified atom stereocenters. The molecule has 1 amide bonds. The Morgan fingerprint density at radius 1 is 1.31 bits per heavy atom. The fourth-order valence-electron chi connectivity index (χ4n) is 4.31. The maximum atomic E-state index is 13.1. The molecular weight excluding hydrogens is 368 g/mol. The zero-order chi connectivity index (χ0) is 20.2.